The van der Waals surface area contributed by atoms with Crippen LogP contribution in [0.2, 0.25) is 0 Å². The number of carbonyl (C=O) groups excluding carboxylic acids is 1. The number of nitrogens with zero attached hydrogens (tertiary/aromatic N) is 1. The molecule has 2 rings (SSSR count). The summed E-state index contributed by atoms with van der Waals surface area (Å²) in [6.45, 7) is 2.91. The molecule has 0 aliphatic carbocycles. The predicted octanol–water partition coefficient (Wildman–Crippen LogP) is 0.246. The van der Waals surface area contributed by atoms with Crippen LogP contribution in [-0.4, -0.2) is 50.4 Å². The van der Waals surface area contributed by atoms with Crippen molar-refractivity contribution >= 4 is 27.1 Å². The van der Waals surface area contributed by atoms with Gasteiger partial charge in [-0.3, -0.25) is 9.69 Å². The number of hydrogen-bond donors (Lipinski definition) is 2. The molecular weight excluding hydrogens is 278 g/mol. The zero-order valence-corrected chi connectivity index (χ0v) is 12.2. The maximum absolute atomic E-state index is 12.0. The van der Waals surface area contributed by atoms with E-state index < -0.39 is 9.84 Å². The number of aryl methyl sites for hydroxylation is 1. The number of rotatable bonds is 3. The van der Waals surface area contributed by atoms with Gasteiger partial charge in [0.2, 0.25) is 5.91 Å². The van der Waals surface area contributed by atoms with Gasteiger partial charge >= 0.3 is 0 Å². The first-order valence-corrected chi connectivity index (χ1v) is 8.27. The Bertz CT molecular complexity index is 599. The number of carbonyl (C=O) groups is 1. The van der Waals surface area contributed by atoms with Crippen molar-refractivity contribution in [1.29, 1.82) is 0 Å². The van der Waals surface area contributed by atoms with Gasteiger partial charge in [0.05, 0.1) is 18.1 Å². The molecule has 0 bridgehead atoms. The fourth-order valence-electron chi connectivity index (χ4n) is 2.08. The van der Waals surface area contributed by atoms with Gasteiger partial charge in [0.1, 0.15) is 0 Å². The van der Waals surface area contributed by atoms with Gasteiger partial charge < -0.3 is 11.1 Å². The molecule has 1 aromatic carbocycles. The van der Waals surface area contributed by atoms with Crippen LogP contribution < -0.4 is 11.1 Å². The average molecular weight is 297 g/mol. The second-order valence-electron chi connectivity index (χ2n) is 5.05. The maximum atomic E-state index is 12.0. The number of hydrogen-bond acceptors (Lipinski definition) is 5. The number of nitrogens with one attached hydrogen (secondary N) is 1. The number of nitrogens with two attached hydrogens (primary N) is 1. The molecule has 0 radical (unpaired) electrons. The molecule has 3 N–H and O–H groups in total. The quantitative estimate of drug-likeness (QED) is 0.780. The van der Waals surface area contributed by atoms with Crippen LogP contribution in [-0.2, 0) is 14.6 Å². The molecule has 20 heavy (non-hydrogen) atoms. The smallest absolute Gasteiger partial charge is 0.238 e. The summed E-state index contributed by atoms with van der Waals surface area (Å²) in [6, 6.07) is 5.34. The molecule has 110 valence electrons. The highest BCUT2D eigenvalue weighted by atomic mass is 32.2. The van der Waals surface area contributed by atoms with Gasteiger partial charge in [-0.15, -0.1) is 0 Å². The summed E-state index contributed by atoms with van der Waals surface area (Å²) in [5, 5.41) is 2.81. The highest BCUT2D eigenvalue weighted by Crippen LogP contribution is 2.18. The van der Waals surface area contributed by atoms with E-state index in [-0.39, 0.29) is 24.0 Å². The van der Waals surface area contributed by atoms with Crippen LogP contribution in [0, 0.1) is 6.92 Å². The van der Waals surface area contributed by atoms with Crippen molar-refractivity contribution in [3.05, 3.63) is 23.8 Å². The molecule has 0 spiro atoms. The molecule has 0 atom stereocenters. The number of anilines is 2. The Kier molecular flexibility index (Phi) is 4.29. The fraction of sp³-hybridized carbons (Fsp3) is 0.462. The van der Waals surface area contributed by atoms with Crippen molar-refractivity contribution in [2.24, 2.45) is 0 Å². The van der Waals surface area contributed by atoms with E-state index >= 15 is 0 Å². The van der Waals surface area contributed by atoms with E-state index in [1.165, 1.54) is 0 Å². The first-order chi connectivity index (χ1) is 9.35. The molecule has 0 unspecified atom stereocenters. The second-order valence-corrected chi connectivity index (χ2v) is 7.35. The maximum Gasteiger partial charge on any atom is 0.238 e. The normalized spacial score (nSPS) is 18.6. The van der Waals surface area contributed by atoms with Crippen LogP contribution in [0.1, 0.15) is 5.56 Å². The summed E-state index contributed by atoms with van der Waals surface area (Å²) in [4.78, 5) is 13.8. The molecule has 0 aromatic heterocycles. The zero-order valence-electron chi connectivity index (χ0n) is 11.4. The zero-order chi connectivity index (χ0) is 14.8. The highest BCUT2D eigenvalue weighted by Gasteiger charge is 2.23. The Morgan fingerprint density at radius 2 is 2.00 bits per heavy atom. The van der Waals surface area contributed by atoms with Crippen molar-refractivity contribution in [2.75, 3.05) is 42.2 Å². The van der Waals surface area contributed by atoms with E-state index in [0.717, 1.165) is 5.56 Å². The molecule has 1 saturated heterocycles. The lowest BCUT2D eigenvalue weighted by atomic mass is 10.2. The van der Waals surface area contributed by atoms with E-state index in [9.17, 15) is 13.2 Å². The molecule has 1 heterocycles. The Morgan fingerprint density at radius 1 is 1.35 bits per heavy atom. The van der Waals surface area contributed by atoms with Crippen LogP contribution >= 0.6 is 0 Å². The fourth-order valence-corrected chi connectivity index (χ4v) is 3.35. The molecule has 1 aromatic rings. The van der Waals surface area contributed by atoms with Crippen molar-refractivity contribution in [1.82, 2.24) is 4.90 Å². The molecule has 1 aliphatic heterocycles. The minimum Gasteiger partial charge on any atom is -0.399 e. The lowest BCUT2D eigenvalue weighted by Gasteiger charge is -2.25. The van der Waals surface area contributed by atoms with E-state index in [0.29, 0.717) is 24.5 Å². The van der Waals surface area contributed by atoms with Crippen molar-refractivity contribution in [3.8, 4) is 0 Å². The third-order valence-corrected chi connectivity index (χ3v) is 4.95. The predicted molar refractivity (Wildman–Crippen MR) is 79.3 cm³/mol. The highest BCUT2D eigenvalue weighted by molar-refractivity contribution is 7.91. The molecule has 0 saturated carbocycles. The van der Waals surface area contributed by atoms with Crippen molar-refractivity contribution in [2.45, 2.75) is 6.92 Å². The largest absolute Gasteiger partial charge is 0.399 e. The minimum absolute atomic E-state index is 0.123. The molecule has 1 fully saturated rings. The number of amides is 1. The van der Waals surface area contributed by atoms with E-state index in [1.54, 1.807) is 12.1 Å². The molecule has 1 amide bonds. The summed E-state index contributed by atoms with van der Waals surface area (Å²) in [6.07, 6.45) is 0. The topological polar surface area (TPSA) is 92.5 Å². The summed E-state index contributed by atoms with van der Waals surface area (Å²) < 4.78 is 22.6. The van der Waals surface area contributed by atoms with Crippen LogP contribution in [0.25, 0.3) is 0 Å². The van der Waals surface area contributed by atoms with E-state index in [4.69, 9.17) is 5.73 Å². The third kappa shape index (κ3) is 3.94. The van der Waals surface area contributed by atoms with Gasteiger partial charge in [-0.25, -0.2) is 8.42 Å². The van der Waals surface area contributed by atoms with Crippen LogP contribution in [0.3, 0.4) is 0 Å². The monoisotopic (exact) mass is 297 g/mol. The molecule has 6 nitrogen and oxygen atoms in total. The SMILES string of the molecule is Cc1ccc(N)cc1NC(=O)CN1CCS(=O)(=O)CC1. The lowest BCUT2D eigenvalue weighted by molar-refractivity contribution is -0.117. The standard InChI is InChI=1S/C13H19N3O3S/c1-10-2-3-11(14)8-12(10)15-13(17)9-16-4-6-20(18,19)7-5-16/h2-3,8H,4-7,9,14H2,1H3,(H,15,17). The summed E-state index contributed by atoms with van der Waals surface area (Å²) in [7, 11) is -2.91. The number of nitrogen functional groups attached to an aromatic ring is 1. The molecular formula is C13H19N3O3S. The Hall–Kier alpha value is -1.60. The third-order valence-electron chi connectivity index (χ3n) is 3.34. The van der Waals surface area contributed by atoms with Gasteiger partial charge in [0.25, 0.3) is 0 Å². The molecule has 7 heteroatoms. The summed E-state index contributed by atoms with van der Waals surface area (Å²) in [5.74, 6) is 0.0906. The van der Waals surface area contributed by atoms with E-state index in [2.05, 4.69) is 5.32 Å². The van der Waals surface area contributed by atoms with Gasteiger partial charge in [0.15, 0.2) is 9.84 Å². The minimum atomic E-state index is -2.91. The second kappa shape index (κ2) is 5.80. The Morgan fingerprint density at radius 3 is 2.65 bits per heavy atom. The van der Waals surface area contributed by atoms with E-state index in [1.807, 2.05) is 17.9 Å². The number of benzene rings is 1. The van der Waals surface area contributed by atoms with Crippen molar-refractivity contribution in [3.63, 3.8) is 0 Å². The first-order valence-electron chi connectivity index (χ1n) is 6.44. The van der Waals surface area contributed by atoms with Gasteiger partial charge in [0, 0.05) is 24.5 Å². The van der Waals surface area contributed by atoms with Gasteiger partial charge in [-0.05, 0) is 24.6 Å². The lowest BCUT2D eigenvalue weighted by Crippen LogP contribution is -2.43. The Labute approximate surface area is 118 Å². The summed E-state index contributed by atoms with van der Waals surface area (Å²) >= 11 is 0. The average Bonchev–Trinajstić information content (AvgIpc) is 2.36. The number of sulfone groups is 1. The van der Waals surface area contributed by atoms with Crippen LogP contribution in [0.15, 0.2) is 18.2 Å². The van der Waals surface area contributed by atoms with Gasteiger partial charge in [-0.1, -0.05) is 6.07 Å². The van der Waals surface area contributed by atoms with Crippen LogP contribution in [0.5, 0.6) is 0 Å². The van der Waals surface area contributed by atoms with Crippen LogP contribution in [0.4, 0.5) is 11.4 Å². The first kappa shape index (κ1) is 14.8. The summed E-state index contributed by atoms with van der Waals surface area (Å²) in [5.41, 5.74) is 7.91. The van der Waals surface area contributed by atoms with Crippen molar-refractivity contribution < 1.29 is 13.2 Å². The molecule has 1 aliphatic rings. The van der Waals surface area contributed by atoms with Gasteiger partial charge in [-0.2, -0.15) is 0 Å². The Balaban J connectivity index is 1.91.